The molecule has 0 N–H and O–H groups in total. The molecule has 2 heterocycles. The molecule has 2 aromatic heterocycles. The SMILES string of the molecule is Cc1ccc(-c2c(C(=O)OC(C)C(=O)n3c4c(c5ccccc53)CCCC4)n(C)c(=O)c3ccccc23)cc1. The van der Waals surface area contributed by atoms with Crippen LogP contribution in [0.25, 0.3) is 32.8 Å². The molecule has 1 atom stereocenters. The number of hydrogen-bond donors (Lipinski definition) is 0. The van der Waals surface area contributed by atoms with Gasteiger partial charge in [0.2, 0.25) is 0 Å². The standard InChI is InChI=1S/C33H30N2O4/c1-20-16-18-22(19-17-20)29-25-12-4-5-13-26(25)32(37)34(3)30(29)33(38)39-21(2)31(36)35-27-14-8-6-10-23(27)24-11-7-9-15-28(24)35/h4-6,8,10,12-14,16-19,21H,7,9,11,15H2,1-3H3. The summed E-state index contributed by atoms with van der Waals surface area (Å²) in [5.41, 5.74) is 5.38. The molecule has 1 aliphatic carbocycles. The maximum atomic E-state index is 13.8. The lowest BCUT2D eigenvalue weighted by Gasteiger charge is -2.20. The Labute approximate surface area is 226 Å². The largest absolute Gasteiger partial charge is 0.448 e. The first-order valence-electron chi connectivity index (χ1n) is 13.4. The molecule has 0 bridgehead atoms. The van der Waals surface area contributed by atoms with Crippen molar-refractivity contribution >= 4 is 33.6 Å². The zero-order valence-corrected chi connectivity index (χ0v) is 22.4. The van der Waals surface area contributed by atoms with Gasteiger partial charge in [-0.2, -0.15) is 0 Å². The monoisotopic (exact) mass is 518 g/mol. The van der Waals surface area contributed by atoms with Crippen molar-refractivity contribution in [2.24, 2.45) is 7.05 Å². The van der Waals surface area contributed by atoms with Gasteiger partial charge in [-0.3, -0.25) is 14.2 Å². The lowest BCUT2D eigenvalue weighted by atomic mass is 9.95. The van der Waals surface area contributed by atoms with E-state index in [1.165, 1.54) is 10.1 Å². The van der Waals surface area contributed by atoms with Gasteiger partial charge in [0.15, 0.2) is 6.10 Å². The van der Waals surface area contributed by atoms with E-state index in [1.807, 2.05) is 67.6 Å². The Balaban J connectivity index is 1.44. The summed E-state index contributed by atoms with van der Waals surface area (Å²) in [6.45, 7) is 3.60. The number of rotatable bonds is 4. The number of esters is 1. The average Bonchev–Trinajstić information content (AvgIpc) is 3.29. The van der Waals surface area contributed by atoms with Crippen molar-refractivity contribution in [3.05, 3.63) is 106 Å². The first-order valence-corrected chi connectivity index (χ1v) is 13.4. The van der Waals surface area contributed by atoms with Crippen molar-refractivity contribution in [3.8, 4) is 11.1 Å². The number of aryl methyl sites for hydroxylation is 2. The summed E-state index contributed by atoms with van der Waals surface area (Å²) in [7, 11) is 1.57. The number of benzene rings is 3. The van der Waals surface area contributed by atoms with E-state index in [0.717, 1.165) is 53.4 Å². The number of carbonyl (C=O) groups excluding carboxylic acids is 2. The highest BCUT2D eigenvalue weighted by molar-refractivity contribution is 6.07. The molecular weight excluding hydrogens is 488 g/mol. The second kappa shape index (κ2) is 9.70. The van der Waals surface area contributed by atoms with Crippen molar-refractivity contribution in [2.75, 3.05) is 0 Å². The number of ether oxygens (including phenoxy) is 1. The number of nitrogens with zero attached hydrogens (tertiary/aromatic N) is 2. The van der Waals surface area contributed by atoms with E-state index >= 15 is 0 Å². The number of carbonyl (C=O) groups is 2. The molecule has 0 saturated carbocycles. The highest BCUT2D eigenvalue weighted by atomic mass is 16.5. The summed E-state index contributed by atoms with van der Waals surface area (Å²) in [6.07, 6.45) is 2.81. The summed E-state index contributed by atoms with van der Waals surface area (Å²) in [5.74, 6) is -0.993. The molecule has 6 nitrogen and oxygen atoms in total. The second-order valence-electron chi connectivity index (χ2n) is 10.4. The zero-order chi connectivity index (χ0) is 27.3. The van der Waals surface area contributed by atoms with E-state index in [0.29, 0.717) is 16.3 Å². The third-order valence-corrected chi connectivity index (χ3v) is 7.87. The molecule has 0 aliphatic heterocycles. The molecule has 39 heavy (non-hydrogen) atoms. The normalized spacial score (nSPS) is 13.8. The van der Waals surface area contributed by atoms with Crippen molar-refractivity contribution in [1.82, 2.24) is 9.13 Å². The third-order valence-electron chi connectivity index (χ3n) is 7.87. The van der Waals surface area contributed by atoms with Gasteiger partial charge >= 0.3 is 5.97 Å². The quantitative estimate of drug-likeness (QED) is 0.264. The van der Waals surface area contributed by atoms with E-state index in [1.54, 1.807) is 24.6 Å². The molecule has 0 saturated heterocycles. The van der Waals surface area contributed by atoms with Crippen LogP contribution >= 0.6 is 0 Å². The van der Waals surface area contributed by atoms with Gasteiger partial charge in [0, 0.05) is 29.1 Å². The van der Waals surface area contributed by atoms with E-state index < -0.39 is 12.1 Å². The number of fused-ring (bicyclic) bond motifs is 4. The number of pyridine rings is 1. The molecule has 1 aliphatic rings. The minimum atomic E-state index is -1.05. The van der Waals surface area contributed by atoms with Crippen molar-refractivity contribution < 1.29 is 14.3 Å². The van der Waals surface area contributed by atoms with Gasteiger partial charge in [-0.05, 0) is 68.2 Å². The predicted molar refractivity (Wildman–Crippen MR) is 153 cm³/mol. The molecule has 3 aromatic carbocycles. The van der Waals surface area contributed by atoms with Crippen LogP contribution < -0.4 is 5.56 Å². The smallest absolute Gasteiger partial charge is 0.356 e. The minimum absolute atomic E-state index is 0.126. The first kappa shape index (κ1) is 24.9. The van der Waals surface area contributed by atoms with Gasteiger partial charge < -0.3 is 9.30 Å². The first-order chi connectivity index (χ1) is 18.9. The molecule has 0 amide bonds. The number of aromatic nitrogens is 2. The Hall–Kier alpha value is -4.45. The van der Waals surface area contributed by atoms with Gasteiger partial charge in [-0.15, -0.1) is 0 Å². The fourth-order valence-electron chi connectivity index (χ4n) is 5.91. The Morgan fingerprint density at radius 1 is 0.846 bits per heavy atom. The number of hydrogen-bond acceptors (Lipinski definition) is 4. The van der Waals surface area contributed by atoms with Crippen LogP contribution in [0, 0.1) is 6.92 Å². The molecular formula is C33H30N2O4. The van der Waals surface area contributed by atoms with E-state index in [2.05, 4.69) is 6.07 Å². The molecule has 0 fully saturated rings. The van der Waals surface area contributed by atoms with Crippen LogP contribution in [0.3, 0.4) is 0 Å². The fraction of sp³-hybridized carbons (Fsp3) is 0.242. The summed E-state index contributed by atoms with van der Waals surface area (Å²) in [5, 5.41) is 2.26. The molecule has 1 unspecified atom stereocenters. The molecule has 6 rings (SSSR count). The molecule has 196 valence electrons. The molecule has 0 radical (unpaired) electrons. The lowest BCUT2D eigenvalue weighted by molar-refractivity contribution is 0.0276. The van der Waals surface area contributed by atoms with Crippen LogP contribution in [0.1, 0.15) is 51.9 Å². The van der Waals surface area contributed by atoms with Crippen molar-refractivity contribution in [3.63, 3.8) is 0 Å². The van der Waals surface area contributed by atoms with E-state index in [9.17, 15) is 14.4 Å². The topological polar surface area (TPSA) is 70.3 Å². The minimum Gasteiger partial charge on any atom is -0.448 e. The van der Waals surface area contributed by atoms with Crippen molar-refractivity contribution in [2.45, 2.75) is 45.6 Å². The average molecular weight is 519 g/mol. The Kier molecular flexibility index (Phi) is 6.18. The van der Waals surface area contributed by atoms with E-state index in [-0.39, 0.29) is 17.2 Å². The zero-order valence-electron chi connectivity index (χ0n) is 22.4. The Morgan fingerprint density at radius 3 is 2.23 bits per heavy atom. The molecule has 6 heteroatoms. The maximum Gasteiger partial charge on any atom is 0.356 e. The third kappa shape index (κ3) is 4.07. The fourth-order valence-corrected chi connectivity index (χ4v) is 5.91. The predicted octanol–water partition coefficient (Wildman–Crippen LogP) is 6.23. The van der Waals surface area contributed by atoms with Gasteiger partial charge in [0.05, 0.1) is 5.52 Å². The van der Waals surface area contributed by atoms with Gasteiger partial charge in [0.25, 0.3) is 11.5 Å². The van der Waals surface area contributed by atoms with Gasteiger partial charge in [0.1, 0.15) is 5.69 Å². The molecule has 0 spiro atoms. The van der Waals surface area contributed by atoms with Gasteiger partial charge in [-0.1, -0.05) is 66.2 Å². The van der Waals surface area contributed by atoms with E-state index in [4.69, 9.17) is 4.74 Å². The van der Waals surface area contributed by atoms with Gasteiger partial charge in [-0.25, -0.2) is 4.79 Å². The van der Waals surface area contributed by atoms with Crippen LogP contribution in [0.15, 0.2) is 77.6 Å². The highest BCUT2D eigenvalue weighted by Crippen LogP contribution is 2.34. The summed E-state index contributed by atoms with van der Waals surface area (Å²) >= 11 is 0. The summed E-state index contributed by atoms with van der Waals surface area (Å²) in [4.78, 5) is 40.9. The second-order valence-corrected chi connectivity index (χ2v) is 10.4. The Bertz CT molecular complexity index is 1830. The van der Waals surface area contributed by atoms with Crippen LogP contribution in [0.2, 0.25) is 0 Å². The molecule has 5 aromatic rings. The van der Waals surface area contributed by atoms with Crippen molar-refractivity contribution in [1.29, 1.82) is 0 Å². The number of para-hydroxylation sites is 1. The summed E-state index contributed by atoms with van der Waals surface area (Å²) < 4.78 is 8.94. The van der Waals surface area contributed by atoms with Crippen LogP contribution in [-0.4, -0.2) is 27.1 Å². The summed E-state index contributed by atoms with van der Waals surface area (Å²) in [6, 6.07) is 23.0. The Morgan fingerprint density at radius 2 is 1.49 bits per heavy atom. The lowest BCUT2D eigenvalue weighted by Crippen LogP contribution is -2.33. The highest BCUT2D eigenvalue weighted by Gasteiger charge is 2.30. The van der Waals surface area contributed by atoms with Crippen LogP contribution in [0.5, 0.6) is 0 Å². The maximum absolute atomic E-state index is 13.8. The van der Waals surface area contributed by atoms with Crippen LogP contribution in [0.4, 0.5) is 0 Å². The van der Waals surface area contributed by atoms with Crippen LogP contribution in [-0.2, 0) is 24.6 Å².